The molecule has 8 nitrogen and oxygen atoms in total. The molecule has 34 heavy (non-hydrogen) atoms. The summed E-state index contributed by atoms with van der Waals surface area (Å²) in [6.07, 6.45) is -1.05. The number of fused-ring (bicyclic) bond motifs is 2. The molecule has 4 rings (SSSR count). The molecule has 1 aromatic carbocycles. The van der Waals surface area contributed by atoms with Crippen LogP contribution in [0.4, 0.5) is 0 Å². The average molecular weight is 495 g/mol. The maximum Gasteiger partial charge on any atom is 0.219 e. The highest BCUT2D eigenvalue weighted by atomic mass is 28.4. The van der Waals surface area contributed by atoms with E-state index in [1.165, 1.54) is 0 Å². The van der Waals surface area contributed by atoms with Gasteiger partial charge >= 0.3 is 0 Å². The lowest BCUT2D eigenvalue weighted by atomic mass is 9.85. The Balaban J connectivity index is 1.57. The van der Waals surface area contributed by atoms with E-state index in [0.29, 0.717) is 12.2 Å². The summed E-state index contributed by atoms with van der Waals surface area (Å²) in [5.74, 6) is -0.910. The molecule has 9 heteroatoms. The molecular weight excluding hydrogens is 456 g/mol. The summed E-state index contributed by atoms with van der Waals surface area (Å²) in [5.41, 5.74) is 0.0260. The predicted molar refractivity (Wildman–Crippen MR) is 127 cm³/mol. The second-order valence-electron chi connectivity index (χ2n) is 11.2. The van der Waals surface area contributed by atoms with Crippen molar-refractivity contribution in [3.8, 4) is 0 Å². The van der Waals surface area contributed by atoms with Gasteiger partial charge in [0.05, 0.1) is 19.8 Å². The first-order chi connectivity index (χ1) is 15.8. The van der Waals surface area contributed by atoms with Gasteiger partial charge in [0, 0.05) is 5.57 Å². The lowest BCUT2D eigenvalue weighted by molar-refractivity contribution is -0.294. The molecule has 0 unspecified atom stereocenters. The summed E-state index contributed by atoms with van der Waals surface area (Å²) in [7, 11) is -2.19. The fraction of sp³-hybridized carbons (Fsp3) is 0.680. The average Bonchev–Trinajstić information content (AvgIpc) is 3.46. The second kappa shape index (κ2) is 9.38. The van der Waals surface area contributed by atoms with Crippen molar-refractivity contribution in [1.82, 2.24) is 0 Å². The third kappa shape index (κ3) is 5.33. The van der Waals surface area contributed by atoms with Crippen LogP contribution in [0.5, 0.6) is 0 Å². The van der Waals surface area contributed by atoms with Crippen molar-refractivity contribution in [3.63, 3.8) is 0 Å². The molecule has 1 N–H and O–H groups in total. The van der Waals surface area contributed by atoms with E-state index in [4.69, 9.17) is 33.1 Å². The van der Waals surface area contributed by atoms with Crippen molar-refractivity contribution in [2.45, 2.75) is 95.5 Å². The zero-order chi connectivity index (χ0) is 24.8. The normalized spacial score (nSPS) is 30.4. The van der Waals surface area contributed by atoms with Gasteiger partial charge in [0.2, 0.25) is 12.6 Å². The van der Waals surface area contributed by atoms with E-state index >= 15 is 0 Å². The molecule has 2 fully saturated rings. The van der Waals surface area contributed by atoms with Crippen molar-refractivity contribution in [2.24, 2.45) is 0 Å². The van der Waals surface area contributed by atoms with Crippen molar-refractivity contribution in [1.29, 1.82) is 0 Å². The van der Waals surface area contributed by atoms with Crippen LogP contribution in [0.1, 0.15) is 40.2 Å². The van der Waals surface area contributed by atoms with E-state index in [9.17, 15) is 5.11 Å². The highest BCUT2D eigenvalue weighted by Crippen LogP contribution is 2.45. The summed E-state index contributed by atoms with van der Waals surface area (Å²) in [6, 6.07) is 9.92. The van der Waals surface area contributed by atoms with E-state index in [2.05, 4.69) is 33.9 Å². The third-order valence-corrected chi connectivity index (χ3v) is 11.6. The second-order valence-corrected chi connectivity index (χ2v) is 16.0. The fourth-order valence-corrected chi connectivity index (χ4v) is 5.12. The van der Waals surface area contributed by atoms with Gasteiger partial charge in [-0.15, -0.1) is 0 Å². The van der Waals surface area contributed by atoms with Crippen molar-refractivity contribution < 1.29 is 38.3 Å². The van der Waals surface area contributed by atoms with Gasteiger partial charge in [0.15, 0.2) is 14.1 Å². The van der Waals surface area contributed by atoms with Crippen molar-refractivity contribution in [3.05, 3.63) is 47.5 Å². The Labute approximate surface area is 203 Å². The van der Waals surface area contributed by atoms with Crippen LogP contribution in [0, 0.1) is 0 Å². The SMILES string of the molecule is CC1(C)O[C@@H](COCc2ccccc2)[C@H]([C@@](O)(CO[Si](C)(C)C(C)(C)C)C2=C[C@H]3OO[C@@H]2O3)O1. The molecule has 1 aromatic rings. The molecule has 0 aromatic heterocycles. The predicted octanol–water partition coefficient (Wildman–Crippen LogP) is 4.05. The molecule has 3 aliphatic rings. The minimum absolute atomic E-state index is 0.0184. The number of aliphatic hydroxyl groups is 1. The molecular formula is C25H38O8Si. The Morgan fingerprint density at radius 2 is 1.76 bits per heavy atom. The monoisotopic (exact) mass is 494 g/mol. The maximum absolute atomic E-state index is 12.2. The Bertz CT molecular complexity index is 881. The molecule has 0 amide bonds. The minimum atomic E-state index is -2.19. The van der Waals surface area contributed by atoms with Gasteiger partial charge in [-0.2, -0.15) is 9.78 Å². The summed E-state index contributed by atoms with van der Waals surface area (Å²) in [4.78, 5) is 10.4. The van der Waals surface area contributed by atoms with E-state index < -0.39 is 44.5 Å². The smallest absolute Gasteiger partial charge is 0.219 e. The van der Waals surface area contributed by atoms with Crippen molar-refractivity contribution >= 4 is 8.32 Å². The topological polar surface area (TPSA) is 84.8 Å². The maximum atomic E-state index is 12.2. The number of ether oxygens (including phenoxy) is 4. The van der Waals surface area contributed by atoms with E-state index in [0.717, 1.165) is 5.56 Å². The summed E-state index contributed by atoms with van der Waals surface area (Å²) >= 11 is 0. The Morgan fingerprint density at radius 1 is 1.06 bits per heavy atom. The number of benzene rings is 1. The van der Waals surface area contributed by atoms with Gasteiger partial charge < -0.3 is 28.5 Å². The van der Waals surface area contributed by atoms with Crippen LogP contribution >= 0.6 is 0 Å². The lowest BCUT2D eigenvalue weighted by Crippen LogP contribution is -2.58. The zero-order valence-corrected chi connectivity index (χ0v) is 22.2. The molecule has 190 valence electrons. The van der Waals surface area contributed by atoms with Gasteiger partial charge in [-0.1, -0.05) is 51.1 Å². The van der Waals surface area contributed by atoms with Gasteiger partial charge in [-0.25, -0.2) is 0 Å². The van der Waals surface area contributed by atoms with Gasteiger partial charge in [-0.05, 0) is 43.6 Å². The molecule has 2 bridgehead atoms. The summed E-state index contributed by atoms with van der Waals surface area (Å²) in [6.45, 7) is 15.1. The number of rotatable bonds is 9. The zero-order valence-electron chi connectivity index (χ0n) is 21.2. The quantitative estimate of drug-likeness (QED) is 0.313. The molecule has 0 radical (unpaired) electrons. The molecule has 5 atom stereocenters. The first-order valence-electron chi connectivity index (χ1n) is 11.8. The lowest BCUT2D eigenvalue weighted by Gasteiger charge is -2.42. The van der Waals surface area contributed by atoms with E-state index in [1.807, 2.05) is 44.2 Å². The molecule has 0 spiro atoms. The Morgan fingerprint density at radius 3 is 2.35 bits per heavy atom. The van der Waals surface area contributed by atoms with Gasteiger partial charge in [0.25, 0.3) is 0 Å². The first-order valence-corrected chi connectivity index (χ1v) is 14.7. The van der Waals surface area contributed by atoms with Crippen LogP contribution in [-0.2, 0) is 39.8 Å². The fourth-order valence-electron chi connectivity index (χ4n) is 4.10. The molecule has 0 aliphatic carbocycles. The molecule has 3 heterocycles. The minimum Gasteiger partial charge on any atom is -0.413 e. The van der Waals surface area contributed by atoms with Crippen LogP contribution in [-0.4, -0.2) is 62.8 Å². The van der Waals surface area contributed by atoms with E-state index in [-0.39, 0.29) is 18.3 Å². The van der Waals surface area contributed by atoms with Crippen LogP contribution in [0.3, 0.4) is 0 Å². The molecule has 3 aliphatic heterocycles. The largest absolute Gasteiger partial charge is 0.413 e. The van der Waals surface area contributed by atoms with Gasteiger partial charge in [-0.3, -0.25) is 0 Å². The third-order valence-electron chi connectivity index (χ3n) is 7.07. The standard InChI is InChI=1S/C25H38O8Si/c1-23(2,3)34(6,7)28-16-25(26,18-13-20-29-22(18)33-32-20)21-19(30-24(4,5)31-21)15-27-14-17-11-9-8-10-12-17/h8-13,19-22,26H,14-16H2,1-7H3/t19-,20+,21+,22-,25+/m0/s1. The van der Waals surface area contributed by atoms with Crippen molar-refractivity contribution in [2.75, 3.05) is 13.2 Å². The number of hydrogen-bond acceptors (Lipinski definition) is 8. The number of hydrogen-bond donors (Lipinski definition) is 1. The molecule has 2 saturated heterocycles. The summed E-state index contributed by atoms with van der Waals surface area (Å²) in [5, 5.41) is 12.2. The highest BCUT2D eigenvalue weighted by Gasteiger charge is 2.59. The van der Waals surface area contributed by atoms with Gasteiger partial charge in [0.1, 0.15) is 17.8 Å². The van der Waals surface area contributed by atoms with Crippen LogP contribution < -0.4 is 0 Å². The van der Waals surface area contributed by atoms with E-state index in [1.54, 1.807) is 6.08 Å². The highest BCUT2D eigenvalue weighted by molar-refractivity contribution is 6.74. The van der Waals surface area contributed by atoms with Crippen LogP contribution in [0.2, 0.25) is 18.1 Å². The Hall–Kier alpha value is -1.14. The van der Waals surface area contributed by atoms with Crippen LogP contribution in [0.15, 0.2) is 42.0 Å². The first kappa shape index (κ1) is 25.9. The van der Waals surface area contributed by atoms with Crippen LogP contribution in [0.25, 0.3) is 0 Å². The molecule has 0 saturated carbocycles. The Kier molecular flexibility index (Phi) is 7.16. The summed E-state index contributed by atoms with van der Waals surface area (Å²) < 4.78 is 30.6.